The number of hydrogen-bond donors (Lipinski definition) is 2. The standard InChI is InChI=1S/C7H15N3O6S2/c8-18(15,16)10-4-2-9(3-5-10)17(13,14)6-1-7(11)12/h1-6H2,(H,11,12)(H2,8,15,16). The highest BCUT2D eigenvalue weighted by Gasteiger charge is 2.30. The number of hydrogen-bond acceptors (Lipinski definition) is 5. The van der Waals surface area contributed by atoms with Crippen LogP contribution < -0.4 is 5.14 Å². The molecule has 1 saturated heterocycles. The van der Waals surface area contributed by atoms with Crippen molar-refractivity contribution in [2.75, 3.05) is 31.9 Å². The first-order valence-electron chi connectivity index (χ1n) is 5.10. The first-order valence-corrected chi connectivity index (χ1v) is 8.21. The average Bonchev–Trinajstić information content (AvgIpc) is 2.26. The van der Waals surface area contributed by atoms with Crippen molar-refractivity contribution in [1.29, 1.82) is 0 Å². The molecule has 1 rings (SSSR count). The second-order valence-corrected chi connectivity index (χ2v) is 7.44. The SMILES string of the molecule is NS(=O)(=O)N1CCN(S(=O)(=O)CCC(=O)O)CC1. The first kappa shape index (κ1) is 15.3. The predicted molar refractivity (Wildman–Crippen MR) is 62.3 cm³/mol. The zero-order valence-corrected chi connectivity index (χ0v) is 11.2. The van der Waals surface area contributed by atoms with Crippen LogP contribution in [0.5, 0.6) is 0 Å². The number of piperazine rings is 1. The molecule has 1 aliphatic rings. The van der Waals surface area contributed by atoms with Gasteiger partial charge in [0.05, 0.1) is 12.2 Å². The molecule has 0 saturated carbocycles. The highest BCUT2D eigenvalue weighted by Crippen LogP contribution is 2.10. The monoisotopic (exact) mass is 301 g/mol. The lowest BCUT2D eigenvalue weighted by Gasteiger charge is -2.31. The van der Waals surface area contributed by atoms with Crippen LogP contribution in [0.1, 0.15) is 6.42 Å². The molecule has 0 spiro atoms. The van der Waals surface area contributed by atoms with Gasteiger partial charge in [0.15, 0.2) is 0 Å². The van der Waals surface area contributed by atoms with E-state index in [0.29, 0.717) is 0 Å². The van der Waals surface area contributed by atoms with E-state index in [9.17, 15) is 21.6 Å². The number of carbonyl (C=O) groups is 1. The maximum Gasteiger partial charge on any atom is 0.304 e. The lowest BCUT2D eigenvalue weighted by molar-refractivity contribution is -0.136. The molecule has 0 bridgehead atoms. The molecule has 0 aromatic carbocycles. The number of carboxylic acids is 1. The van der Waals surface area contributed by atoms with E-state index >= 15 is 0 Å². The summed E-state index contributed by atoms with van der Waals surface area (Å²) in [6.45, 7) is -0.0764. The van der Waals surface area contributed by atoms with Gasteiger partial charge in [-0.05, 0) is 0 Å². The molecular formula is C7H15N3O6S2. The van der Waals surface area contributed by atoms with Gasteiger partial charge in [-0.25, -0.2) is 13.6 Å². The number of aliphatic carboxylic acids is 1. The van der Waals surface area contributed by atoms with E-state index in [1.54, 1.807) is 0 Å². The molecule has 0 aromatic heterocycles. The molecule has 0 amide bonds. The Balaban J connectivity index is 2.60. The van der Waals surface area contributed by atoms with E-state index in [0.717, 1.165) is 8.61 Å². The van der Waals surface area contributed by atoms with Gasteiger partial charge < -0.3 is 5.11 Å². The highest BCUT2D eigenvalue weighted by atomic mass is 32.2. The molecule has 0 radical (unpaired) electrons. The highest BCUT2D eigenvalue weighted by molar-refractivity contribution is 7.89. The molecule has 0 unspecified atom stereocenters. The molecule has 1 aliphatic heterocycles. The number of carboxylic acid groups (broad SMARTS) is 1. The molecule has 11 heteroatoms. The average molecular weight is 301 g/mol. The number of nitrogens with two attached hydrogens (primary N) is 1. The molecular weight excluding hydrogens is 286 g/mol. The van der Waals surface area contributed by atoms with Gasteiger partial charge in [-0.2, -0.15) is 17.0 Å². The van der Waals surface area contributed by atoms with Crippen molar-refractivity contribution < 1.29 is 26.7 Å². The van der Waals surface area contributed by atoms with Crippen molar-refractivity contribution in [3.63, 3.8) is 0 Å². The fraction of sp³-hybridized carbons (Fsp3) is 0.857. The molecule has 9 nitrogen and oxygen atoms in total. The van der Waals surface area contributed by atoms with E-state index in [4.69, 9.17) is 10.2 Å². The summed E-state index contributed by atoms with van der Waals surface area (Å²) in [7, 11) is -7.46. The third-order valence-electron chi connectivity index (χ3n) is 2.52. The van der Waals surface area contributed by atoms with Gasteiger partial charge in [-0.15, -0.1) is 0 Å². The molecule has 1 fully saturated rings. The molecule has 1 heterocycles. The van der Waals surface area contributed by atoms with Gasteiger partial charge in [-0.3, -0.25) is 4.79 Å². The van der Waals surface area contributed by atoms with Crippen molar-refractivity contribution in [3.05, 3.63) is 0 Å². The predicted octanol–water partition coefficient (Wildman–Crippen LogP) is -2.39. The summed E-state index contributed by atoms with van der Waals surface area (Å²) >= 11 is 0. The van der Waals surface area contributed by atoms with Crippen LogP contribution in [0.15, 0.2) is 0 Å². The van der Waals surface area contributed by atoms with E-state index < -0.39 is 38.4 Å². The third kappa shape index (κ3) is 4.17. The van der Waals surface area contributed by atoms with Crippen LogP contribution in [0, 0.1) is 0 Å². The summed E-state index contributed by atoms with van der Waals surface area (Å²) < 4.78 is 47.5. The van der Waals surface area contributed by atoms with Crippen LogP contribution in [0.25, 0.3) is 0 Å². The molecule has 0 aliphatic carbocycles. The Morgan fingerprint density at radius 3 is 1.89 bits per heavy atom. The van der Waals surface area contributed by atoms with Gasteiger partial charge in [0.1, 0.15) is 0 Å². The van der Waals surface area contributed by atoms with E-state index in [-0.39, 0.29) is 26.2 Å². The Bertz CT molecular complexity index is 505. The van der Waals surface area contributed by atoms with Crippen molar-refractivity contribution in [3.8, 4) is 0 Å². The van der Waals surface area contributed by atoms with Crippen LogP contribution in [-0.4, -0.2) is 68.5 Å². The summed E-state index contributed by atoms with van der Waals surface area (Å²) in [5.74, 6) is -1.68. The zero-order valence-electron chi connectivity index (χ0n) is 9.52. The lowest BCUT2D eigenvalue weighted by Crippen LogP contribution is -2.52. The summed E-state index contributed by atoms with van der Waals surface area (Å²) in [6, 6.07) is 0. The Labute approximate surface area is 105 Å². The largest absolute Gasteiger partial charge is 0.481 e. The Morgan fingerprint density at radius 1 is 1.06 bits per heavy atom. The number of sulfonamides is 1. The van der Waals surface area contributed by atoms with Gasteiger partial charge in [0.25, 0.3) is 10.2 Å². The van der Waals surface area contributed by atoms with Gasteiger partial charge in [-0.1, -0.05) is 0 Å². The topological polar surface area (TPSA) is 138 Å². The summed E-state index contributed by atoms with van der Waals surface area (Å²) in [4.78, 5) is 10.3. The second kappa shape index (κ2) is 5.48. The van der Waals surface area contributed by atoms with Crippen LogP contribution in [0.2, 0.25) is 0 Å². The minimum absolute atomic E-state index is 0.0155. The smallest absolute Gasteiger partial charge is 0.304 e. The van der Waals surface area contributed by atoms with E-state index in [2.05, 4.69) is 0 Å². The minimum atomic E-state index is -3.80. The Hall–Kier alpha value is -0.750. The Morgan fingerprint density at radius 2 is 1.50 bits per heavy atom. The normalized spacial score (nSPS) is 19.8. The maximum atomic E-state index is 11.7. The maximum absolute atomic E-state index is 11.7. The summed E-state index contributed by atoms with van der Waals surface area (Å²) in [6.07, 6.45) is -0.474. The van der Waals surface area contributed by atoms with Gasteiger partial charge in [0, 0.05) is 26.2 Å². The lowest BCUT2D eigenvalue weighted by atomic mass is 10.4. The minimum Gasteiger partial charge on any atom is -0.481 e. The molecule has 3 N–H and O–H groups in total. The third-order valence-corrected chi connectivity index (χ3v) is 5.48. The number of nitrogens with zero attached hydrogens (tertiary/aromatic N) is 2. The van der Waals surface area contributed by atoms with Crippen LogP contribution >= 0.6 is 0 Å². The molecule has 106 valence electrons. The fourth-order valence-corrected chi connectivity index (χ4v) is 3.63. The van der Waals surface area contributed by atoms with Crippen molar-refractivity contribution in [1.82, 2.24) is 8.61 Å². The first-order chi connectivity index (χ1) is 8.13. The van der Waals surface area contributed by atoms with Crippen LogP contribution in [0.3, 0.4) is 0 Å². The van der Waals surface area contributed by atoms with Gasteiger partial charge in [0.2, 0.25) is 10.0 Å². The van der Waals surface area contributed by atoms with Crippen LogP contribution in [-0.2, 0) is 25.0 Å². The second-order valence-electron chi connectivity index (χ2n) is 3.80. The van der Waals surface area contributed by atoms with E-state index in [1.807, 2.05) is 0 Å². The van der Waals surface area contributed by atoms with Crippen LogP contribution in [0.4, 0.5) is 0 Å². The van der Waals surface area contributed by atoms with Crippen molar-refractivity contribution in [2.45, 2.75) is 6.42 Å². The van der Waals surface area contributed by atoms with Crippen molar-refractivity contribution >= 4 is 26.2 Å². The zero-order chi connectivity index (χ0) is 14.0. The van der Waals surface area contributed by atoms with Crippen molar-refractivity contribution in [2.24, 2.45) is 5.14 Å². The fourth-order valence-electron chi connectivity index (χ4n) is 1.55. The quantitative estimate of drug-likeness (QED) is 0.581. The number of rotatable bonds is 5. The summed E-state index contributed by atoms with van der Waals surface area (Å²) in [5, 5.41) is 13.4. The Kier molecular flexibility index (Phi) is 4.66. The summed E-state index contributed by atoms with van der Waals surface area (Å²) in [5.41, 5.74) is 0. The van der Waals surface area contributed by atoms with Gasteiger partial charge >= 0.3 is 5.97 Å². The molecule has 18 heavy (non-hydrogen) atoms. The van der Waals surface area contributed by atoms with E-state index in [1.165, 1.54) is 0 Å². The molecule has 0 aromatic rings. The molecule has 0 atom stereocenters.